The van der Waals surface area contributed by atoms with Crippen molar-refractivity contribution in [3.05, 3.63) is 193 Å². The molecule has 6 heteroatoms. The third kappa shape index (κ3) is 5.24. The molecule has 0 unspecified atom stereocenters. The molecule has 66 heavy (non-hydrogen) atoms. The van der Waals surface area contributed by atoms with Crippen LogP contribution in [0.3, 0.4) is 0 Å². The number of hydrogen-bond donors (Lipinski definition) is 0. The SMILES string of the molecule is CC(C)c1c(-c2ccccc2F)c(-n2c3ccccc3c3ccc4c5ccccc5oc4c32)c(-c2ccccc2F)c(C(C)C)c1-n1c2ccccc2c2ccc3c4ccccc4oc3c21. The Labute approximate surface area is 378 Å². The first kappa shape index (κ1) is 38.5. The summed E-state index contributed by atoms with van der Waals surface area (Å²) in [5.41, 5.74) is 12.3. The van der Waals surface area contributed by atoms with Crippen molar-refractivity contribution in [3.8, 4) is 33.6 Å². The summed E-state index contributed by atoms with van der Waals surface area (Å²) in [4.78, 5) is 0. The van der Waals surface area contributed by atoms with Crippen molar-refractivity contribution >= 4 is 87.5 Å². The van der Waals surface area contributed by atoms with E-state index in [1.807, 2.05) is 72.8 Å². The second-order valence-electron chi connectivity index (χ2n) is 18.1. The Morgan fingerprint density at radius 1 is 0.364 bits per heavy atom. The number of benzene rings is 9. The molecule has 4 heterocycles. The highest BCUT2D eigenvalue weighted by atomic mass is 19.1. The molecule has 0 amide bonds. The van der Waals surface area contributed by atoms with Gasteiger partial charge in [-0.2, -0.15) is 0 Å². The monoisotopic (exact) mass is 860 g/mol. The molecule has 0 N–H and O–H groups in total. The molecule has 0 saturated carbocycles. The van der Waals surface area contributed by atoms with Gasteiger partial charge >= 0.3 is 0 Å². The minimum atomic E-state index is -0.375. The Kier molecular flexibility index (Phi) is 8.32. The van der Waals surface area contributed by atoms with Gasteiger partial charge in [-0.1, -0.05) is 149 Å². The Morgan fingerprint density at radius 2 is 0.727 bits per heavy atom. The Balaban J connectivity index is 1.35. The standard InChI is InChI=1S/C60H42F2N2O2/c1-33(2)51-53(43-21-5-11-23-45(43)61)58(64-48-26-14-8-18-36(48)40-30-32-42-38-20-10-16-28-50(38)66-60(42)56(40)64)54(44-22-6-12-24-46(44)62)52(34(3)4)57(51)63-47-25-13-7-17-35(47)39-29-31-41-37-19-9-15-27-49(37)65-59(41)55(39)63/h5-34H,1-4H3. The molecule has 0 spiro atoms. The largest absolute Gasteiger partial charge is 0.454 e. The molecule has 0 saturated heterocycles. The number of hydrogen-bond acceptors (Lipinski definition) is 2. The minimum Gasteiger partial charge on any atom is -0.454 e. The van der Waals surface area contributed by atoms with Crippen LogP contribution in [-0.4, -0.2) is 9.13 Å². The summed E-state index contributed by atoms with van der Waals surface area (Å²) >= 11 is 0. The Hall–Kier alpha value is -7.96. The summed E-state index contributed by atoms with van der Waals surface area (Å²) in [6, 6.07) is 55.8. The number of rotatable bonds is 6. The molecule has 13 aromatic rings. The van der Waals surface area contributed by atoms with E-state index >= 15 is 8.78 Å². The fourth-order valence-electron chi connectivity index (χ4n) is 11.2. The van der Waals surface area contributed by atoms with E-state index in [0.29, 0.717) is 33.5 Å². The summed E-state index contributed by atoms with van der Waals surface area (Å²) in [6.45, 7) is 8.75. The smallest absolute Gasteiger partial charge is 0.160 e. The molecule has 0 aliphatic carbocycles. The van der Waals surface area contributed by atoms with Gasteiger partial charge in [-0.3, -0.25) is 0 Å². The first-order valence-electron chi connectivity index (χ1n) is 22.7. The van der Waals surface area contributed by atoms with Crippen LogP contribution in [0.5, 0.6) is 0 Å². The van der Waals surface area contributed by atoms with Gasteiger partial charge in [0.25, 0.3) is 0 Å². The summed E-state index contributed by atoms with van der Waals surface area (Å²) in [5.74, 6) is -1.10. The zero-order valence-corrected chi connectivity index (χ0v) is 36.8. The molecule has 0 radical (unpaired) electrons. The predicted octanol–water partition coefficient (Wildman–Crippen LogP) is 17.5. The van der Waals surface area contributed by atoms with E-state index in [2.05, 4.69) is 110 Å². The fourth-order valence-corrected chi connectivity index (χ4v) is 11.2. The summed E-state index contributed by atoms with van der Waals surface area (Å²) in [7, 11) is 0. The average Bonchev–Trinajstić information content (AvgIpc) is 4.09. The van der Waals surface area contributed by atoms with Crippen molar-refractivity contribution in [2.24, 2.45) is 0 Å². The number of halogens is 2. The lowest BCUT2D eigenvalue weighted by atomic mass is 9.79. The molecule has 9 aromatic carbocycles. The van der Waals surface area contributed by atoms with Gasteiger partial charge in [0.15, 0.2) is 11.2 Å². The van der Waals surface area contributed by atoms with Crippen molar-refractivity contribution in [3.63, 3.8) is 0 Å². The lowest BCUT2D eigenvalue weighted by Gasteiger charge is -2.32. The maximum absolute atomic E-state index is 17.4. The van der Waals surface area contributed by atoms with E-state index in [9.17, 15) is 0 Å². The van der Waals surface area contributed by atoms with Gasteiger partial charge in [0.2, 0.25) is 0 Å². The van der Waals surface area contributed by atoms with Crippen LogP contribution >= 0.6 is 0 Å². The number of furan rings is 2. The second kappa shape index (κ2) is 14.3. The number of para-hydroxylation sites is 4. The molecule has 0 bridgehead atoms. The Morgan fingerprint density at radius 3 is 1.17 bits per heavy atom. The third-order valence-electron chi connectivity index (χ3n) is 13.8. The molecule has 4 nitrogen and oxygen atoms in total. The van der Waals surface area contributed by atoms with Crippen LogP contribution in [-0.2, 0) is 0 Å². The third-order valence-corrected chi connectivity index (χ3v) is 13.8. The van der Waals surface area contributed by atoms with E-state index in [1.54, 1.807) is 12.1 Å². The van der Waals surface area contributed by atoms with Gasteiger partial charge in [-0.25, -0.2) is 8.78 Å². The molecule has 318 valence electrons. The lowest BCUT2D eigenvalue weighted by Crippen LogP contribution is -2.16. The fraction of sp³-hybridized carbons (Fsp3) is 0.100. The van der Waals surface area contributed by atoms with E-state index in [4.69, 9.17) is 8.83 Å². The lowest BCUT2D eigenvalue weighted by molar-refractivity contribution is 0.630. The van der Waals surface area contributed by atoms with Crippen LogP contribution in [0.2, 0.25) is 0 Å². The van der Waals surface area contributed by atoms with Crippen molar-refractivity contribution < 1.29 is 17.6 Å². The van der Waals surface area contributed by atoms with Crippen LogP contribution in [0.25, 0.3) is 121 Å². The normalized spacial score (nSPS) is 12.4. The van der Waals surface area contributed by atoms with E-state index in [0.717, 1.165) is 98.7 Å². The summed E-state index contributed by atoms with van der Waals surface area (Å²) in [6.07, 6.45) is 0. The quantitative estimate of drug-likeness (QED) is 0.167. The van der Waals surface area contributed by atoms with Gasteiger partial charge in [0, 0.05) is 65.3 Å². The maximum Gasteiger partial charge on any atom is 0.160 e. The van der Waals surface area contributed by atoms with Gasteiger partial charge in [-0.05, 0) is 71.5 Å². The molecule has 0 aliphatic heterocycles. The van der Waals surface area contributed by atoms with Crippen molar-refractivity contribution in [2.45, 2.75) is 39.5 Å². The highest BCUT2D eigenvalue weighted by molar-refractivity contribution is 6.24. The van der Waals surface area contributed by atoms with E-state index in [-0.39, 0.29) is 23.5 Å². The molecule has 13 rings (SSSR count). The first-order chi connectivity index (χ1) is 32.3. The first-order valence-corrected chi connectivity index (χ1v) is 22.7. The van der Waals surface area contributed by atoms with Gasteiger partial charge in [-0.15, -0.1) is 0 Å². The molecule has 0 atom stereocenters. The van der Waals surface area contributed by atoms with Gasteiger partial charge < -0.3 is 18.0 Å². The summed E-state index contributed by atoms with van der Waals surface area (Å²) < 4.78 is 53.3. The van der Waals surface area contributed by atoms with Crippen molar-refractivity contribution in [1.82, 2.24) is 9.13 Å². The summed E-state index contributed by atoms with van der Waals surface area (Å²) in [5, 5.41) is 8.05. The predicted molar refractivity (Wildman–Crippen MR) is 269 cm³/mol. The minimum absolute atomic E-state index is 0.175. The van der Waals surface area contributed by atoms with Gasteiger partial charge in [0.05, 0.1) is 33.4 Å². The molecular formula is C60H42F2N2O2. The second-order valence-corrected chi connectivity index (χ2v) is 18.1. The number of fused-ring (bicyclic) bond motifs is 14. The highest BCUT2D eigenvalue weighted by Crippen LogP contribution is 2.54. The van der Waals surface area contributed by atoms with Crippen LogP contribution in [0, 0.1) is 11.6 Å². The zero-order valence-electron chi connectivity index (χ0n) is 36.8. The van der Waals surface area contributed by atoms with Crippen LogP contribution in [0.4, 0.5) is 8.78 Å². The van der Waals surface area contributed by atoms with Crippen LogP contribution in [0.15, 0.2) is 179 Å². The number of nitrogens with zero attached hydrogens (tertiary/aromatic N) is 2. The highest BCUT2D eigenvalue weighted by Gasteiger charge is 2.35. The topological polar surface area (TPSA) is 36.1 Å². The van der Waals surface area contributed by atoms with Crippen molar-refractivity contribution in [2.75, 3.05) is 0 Å². The van der Waals surface area contributed by atoms with Crippen molar-refractivity contribution in [1.29, 1.82) is 0 Å². The average molecular weight is 861 g/mol. The van der Waals surface area contributed by atoms with E-state index in [1.165, 1.54) is 12.1 Å². The van der Waals surface area contributed by atoms with Gasteiger partial charge in [0.1, 0.15) is 22.8 Å². The number of aromatic nitrogens is 2. The molecule has 0 fully saturated rings. The molecule has 4 aromatic heterocycles. The van der Waals surface area contributed by atoms with Crippen LogP contribution in [0.1, 0.15) is 50.7 Å². The Bertz CT molecular complexity index is 4080. The zero-order chi connectivity index (χ0) is 44.5. The van der Waals surface area contributed by atoms with Crippen LogP contribution < -0.4 is 0 Å². The van der Waals surface area contributed by atoms with E-state index < -0.39 is 0 Å². The molecule has 0 aliphatic rings. The maximum atomic E-state index is 17.4. The molecular weight excluding hydrogens is 819 g/mol.